The van der Waals surface area contributed by atoms with E-state index >= 15 is 0 Å². The highest BCUT2D eigenvalue weighted by atomic mass is 79.9. The Kier molecular flexibility index (Phi) is 6.90. The third-order valence-electron chi connectivity index (χ3n) is 4.31. The number of hydrogen-bond donors (Lipinski definition) is 1. The van der Waals surface area contributed by atoms with E-state index in [1.165, 1.54) is 36.8 Å². The maximum atomic E-state index is 11.9. The van der Waals surface area contributed by atoms with Crippen molar-refractivity contribution in [2.45, 2.75) is 58.3 Å². The van der Waals surface area contributed by atoms with Gasteiger partial charge in [-0.3, -0.25) is 4.79 Å². The Bertz CT molecular complexity index is 602. The molecule has 0 radical (unpaired) electrons. The summed E-state index contributed by atoms with van der Waals surface area (Å²) in [6.07, 6.45) is 8.22. The lowest BCUT2D eigenvalue weighted by molar-refractivity contribution is -0.123. The second-order valence-electron chi connectivity index (χ2n) is 7.39. The molecule has 0 spiro atoms. The van der Waals surface area contributed by atoms with Crippen molar-refractivity contribution in [2.75, 3.05) is 13.2 Å². The molecule has 0 aliphatic heterocycles. The van der Waals surface area contributed by atoms with E-state index in [1.54, 1.807) is 0 Å². The fourth-order valence-electron chi connectivity index (χ4n) is 2.77. The van der Waals surface area contributed by atoms with Gasteiger partial charge in [0.05, 0.1) is 4.47 Å². The number of amides is 1. The Labute approximate surface area is 154 Å². The molecule has 0 unspecified atom stereocenters. The maximum absolute atomic E-state index is 11.9. The fourth-order valence-corrected chi connectivity index (χ4v) is 3.27. The average Bonchev–Trinajstić information content (AvgIpc) is 2.54. The summed E-state index contributed by atoms with van der Waals surface area (Å²) in [4.78, 5) is 11.9. The first kappa shape index (κ1) is 19.0. The molecule has 3 nitrogen and oxygen atoms in total. The molecule has 0 bridgehead atoms. The Morgan fingerprint density at radius 1 is 1.29 bits per heavy atom. The minimum Gasteiger partial charge on any atom is -0.483 e. The molecule has 2 rings (SSSR count). The first-order valence-corrected chi connectivity index (χ1v) is 9.53. The highest BCUT2D eigenvalue weighted by Crippen LogP contribution is 2.31. The second-order valence-corrected chi connectivity index (χ2v) is 8.25. The van der Waals surface area contributed by atoms with Crippen molar-refractivity contribution >= 4 is 21.8 Å². The van der Waals surface area contributed by atoms with Crippen LogP contribution in [0.15, 0.2) is 34.3 Å². The van der Waals surface area contributed by atoms with Gasteiger partial charge in [-0.05, 0) is 71.1 Å². The van der Waals surface area contributed by atoms with E-state index in [9.17, 15) is 4.79 Å². The van der Waals surface area contributed by atoms with Gasteiger partial charge >= 0.3 is 0 Å². The quantitative estimate of drug-likeness (QED) is 0.679. The first-order valence-electron chi connectivity index (χ1n) is 8.74. The van der Waals surface area contributed by atoms with E-state index < -0.39 is 0 Å². The molecule has 0 heterocycles. The summed E-state index contributed by atoms with van der Waals surface area (Å²) in [5.74, 6) is 0.631. The molecule has 24 heavy (non-hydrogen) atoms. The molecule has 1 aromatic rings. The number of rotatable bonds is 6. The molecule has 1 N–H and O–H groups in total. The van der Waals surface area contributed by atoms with Crippen molar-refractivity contribution in [2.24, 2.45) is 0 Å². The van der Waals surface area contributed by atoms with Gasteiger partial charge in [0.15, 0.2) is 6.61 Å². The van der Waals surface area contributed by atoms with Crippen LogP contribution in [0.2, 0.25) is 0 Å². The molecule has 132 valence electrons. The van der Waals surface area contributed by atoms with Crippen LogP contribution >= 0.6 is 15.9 Å². The highest BCUT2D eigenvalue weighted by Gasteiger charge is 2.15. The molecule has 0 saturated heterocycles. The number of benzene rings is 1. The van der Waals surface area contributed by atoms with Gasteiger partial charge in [0, 0.05) is 6.54 Å². The van der Waals surface area contributed by atoms with Crippen LogP contribution in [0, 0.1) is 0 Å². The van der Waals surface area contributed by atoms with Gasteiger partial charge in [-0.1, -0.05) is 38.5 Å². The first-order chi connectivity index (χ1) is 11.4. The van der Waals surface area contributed by atoms with Crippen LogP contribution in [0.25, 0.3) is 0 Å². The summed E-state index contributed by atoms with van der Waals surface area (Å²) >= 11 is 3.53. The van der Waals surface area contributed by atoms with E-state index in [0.717, 1.165) is 10.9 Å². The predicted octanol–water partition coefficient (Wildman–Crippen LogP) is 5.13. The molecule has 0 fully saturated rings. The number of nitrogens with one attached hydrogen (secondary N) is 1. The largest absolute Gasteiger partial charge is 0.483 e. The molecule has 1 amide bonds. The molecule has 0 atom stereocenters. The average molecular weight is 394 g/mol. The third kappa shape index (κ3) is 5.97. The molecule has 4 heteroatoms. The van der Waals surface area contributed by atoms with Crippen LogP contribution in [0.1, 0.15) is 58.4 Å². The Morgan fingerprint density at radius 3 is 2.71 bits per heavy atom. The number of allylic oxidation sites excluding steroid dienone is 1. The molecule has 1 aliphatic carbocycles. The molecular formula is C20H28BrNO2. The molecule has 0 aromatic heterocycles. The van der Waals surface area contributed by atoms with E-state index in [4.69, 9.17) is 4.74 Å². The van der Waals surface area contributed by atoms with Crippen molar-refractivity contribution < 1.29 is 9.53 Å². The van der Waals surface area contributed by atoms with E-state index in [1.807, 2.05) is 12.1 Å². The Morgan fingerprint density at radius 2 is 2.08 bits per heavy atom. The van der Waals surface area contributed by atoms with Crippen LogP contribution in [0.4, 0.5) is 0 Å². The summed E-state index contributed by atoms with van der Waals surface area (Å²) in [5.41, 5.74) is 2.79. The zero-order chi connectivity index (χ0) is 17.6. The van der Waals surface area contributed by atoms with Gasteiger partial charge in [-0.25, -0.2) is 0 Å². The lowest BCUT2D eigenvalue weighted by Gasteiger charge is -2.20. The summed E-state index contributed by atoms with van der Waals surface area (Å²) in [7, 11) is 0. The maximum Gasteiger partial charge on any atom is 0.257 e. The molecule has 1 aliphatic rings. The van der Waals surface area contributed by atoms with Gasteiger partial charge in [-0.2, -0.15) is 0 Å². The molecule has 0 saturated carbocycles. The van der Waals surface area contributed by atoms with E-state index in [2.05, 4.69) is 54.2 Å². The summed E-state index contributed by atoms with van der Waals surface area (Å²) in [5, 5.41) is 2.94. The lowest BCUT2D eigenvalue weighted by atomic mass is 9.87. The minimum atomic E-state index is -0.0711. The number of carbonyl (C=O) groups is 1. The smallest absolute Gasteiger partial charge is 0.257 e. The van der Waals surface area contributed by atoms with Gasteiger partial charge in [0.2, 0.25) is 0 Å². The van der Waals surface area contributed by atoms with Crippen molar-refractivity contribution in [1.82, 2.24) is 5.32 Å². The van der Waals surface area contributed by atoms with Gasteiger partial charge in [0.1, 0.15) is 5.75 Å². The monoisotopic (exact) mass is 393 g/mol. The van der Waals surface area contributed by atoms with Crippen molar-refractivity contribution in [3.63, 3.8) is 0 Å². The number of carbonyl (C=O) groups excluding carboxylic acids is 1. The van der Waals surface area contributed by atoms with E-state index in [0.29, 0.717) is 12.3 Å². The zero-order valence-electron chi connectivity index (χ0n) is 15.0. The second kappa shape index (κ2) is 8.70. The van der Waals surface area contributed by atoms with Crippen LogP contribution in [0.5, 0.6) is 5.75 Å². The van der Waals surface area contributed by atoms with Crippen LogP contribution in [-0.4, -0.2) is 19.1 Å². The van der Waals surface area contributed by atoms with Crippen LogP contribution < -0.4 is 10.1 Å². The number of halogens is 1. The number of hydrogen-bond acceptors (Lipinski definition) is 2. The van der Waals surface area contributed by atoms with Crippen LogP contribution in [-0.2, 0) is 10.2 Å². The normalized spacial score (nSPS) is 14.9. The SMILES string of the molecule is CC(C)(C)c1ccc(OCC(=O)NCCC2=CCCCC2)c(Br)c1. The molecule has 1 aromatic carbocycles. The topological polar surface area (TPSA) is 38.3 Å². The third-order valence-corrected chi connectivity index (χ3v) is 4.93. The Hall–Kier alpha value is -1.29. The lowest BCUT2D eigenvalue weighted by Crippen LogP contribution is -2.30. The van der Waals surface area contributed by atoms with Gasteiger partial charge < -0.3 is 10.1 Å². The van der Waals surface area contributed by atoms with Crippen molar-refractivity contribution in [3.8, 4) is 5.75 Å². The fraction of sp³-hybridized carbons (Fsp3) is 0.550. The minimum absolute atomic E-state index is 0.0481. The summed E-state index contributed by atoms with van der Waals surface area (Å²) in [6, 6.07) is 6.03. The molecular weight excluding hydrogens is 366 g/mol. The highest BCUT2D eigenvalue weighted by molar-refractivity contribution is 9.10. The van der Waals surface area contributed by atoms with Crippen molar-refractivity contribution in [3.05, 3.63) is 39.9 Å². The Balaban J connectivity index is 1.76. The standard InChI is InChI=1S/C20H28BrNO2/c1-20(2,3)16-9-10-18(17(21)13-16)24-14-19(23)22-12-11-15-7-5-4-6-8-15/h7,9-10,13H,4-6,8,11-12,14H2,1-3H3,(H,22,23). The van der Waals surface area contributed by atoms with Gasteiger partial charge in [0.25, 0.3) is 5.91 Å². The van der Waals surface area contributed by atoms with Crippen LogP contribution in [0.3, 0.4) is 0 Å². The summed E-state index contributed by atoms with van der Waals surface area (Å²) in [6.45, 7) is 7.25. The summed E-state index contributed by atoms with van der Waals surface area (Å²) < 4.78 is 6.52. The zero-order valence-corrected chi connectivity index (χ0v) is 16.5. The number of ether oxygens (including phenoxy) is 1. The van der Waals surface area contributed by atoms with Crippen molar-refractivity contribution in [1.29, 1.82) is 0 Å². The van der Waals surface area contributed by atoms with E-state index in [-0.39, 0.29) is 17.9 Å². The predicted molar refractivity (Wildman–Crippen MR) is 103 cm³/mol. The van der Waals surface area contributed by atoms with Gasteiger partial charge in [-0.15, -0.1) is 0 Å².